The fraction of sp³-hybridized carbons (Fsp3) is 0.440. The number of hydrogen-bond acceptors (Lipinski definition) is 4. The number of rotatable bonds is 9. The van der Waals surface area contributed by atoms with Gasteiger partial charge in [-0.25, -0.2) is 0 Å². The summed E-state index contributed by atoms with van der Waals surface area (Å²) in [5.41, 5.74) is 2.30. The number of hydrogen-bond donors (Lipinski definition) is 1. The van der Waals surface area contributed by atoms with E-state index in [4.69, 9.17) is 16.3 Å². The maximum absolute atomic E-state index is 12.9. The first-order valence-corrected chi connectivity index (χ1v) is 11.8. The first-order valence-electron chi connectivity index (χ1n) is 11.4. The van der Waals surface area contributed by atoms with Gasteiger partial charge in [0, 0.05) is 43.9 Å². The zero-order valence-corrected chi connectivity index (χ0v) is 19.7. The van der Waals surface area contributed by atoms with E-state index in [1.54, 1.807) is 6.07 Å². The molecule has 0 atom stereocenters. The van der Waals surface area contributed by atoms with Crippen LogP contribution in [0.2, 0.25) is 5.02 Å². The van der Waals surface area contributed by atoms with Gasteiger partial charge >= 0.3 is 0 Å². The van der Waals surface area contributed by atoms with Crippen LogP contribution >= 0.6 is 11.6 Å². The van der Waals surface area contributed by atoms with Crippen molar-refractivity contribution in [1.29, 1.82) is 0 Å². The molecule has 0 aromatic heterocycles. The van der Waals surface area contributed by atoms with Crippen molar-refractivity contribution < 1.29 is 14.3 Å². The van der Waals surface area contributed by atoms with E-state index in [1.807, 2.05) is 41.3 Å². The normalized spacial score (nSPS) is 13.7. The van der Waals surface area contributed by atoms with Crippen molar-refractivity contribution in [2.45, 2.75) is 39.5 Å². The molecule has 3 rings (SSSR count). The molecular formula is C25H32ClN3O3. The molecule has 1 heterocycles. The maximum Gasteiger partial charge on any atom is 0.253 e. The van der Waals surface area contributed by atoms with Crippen LogP contribution in [0.5, 0.6) is 5.75 Å². The minimum absolute atomic E-state index is 0.00718. The summed E-state index contributed by atoms with van der Waals surface area (Å²) in [5, 5.41) is 3.50. The second kappa shape index (κ2) is 11.8. The molecule has 2 amide bonds. The summed E-state index contributed by atoms with van der Waals surface area (Å²) in [6.45, 7) is 7.44. The quantitative estimate of drug-likeness (QED) is 0.560. The van der Waals surface area contributed by atoms with Gasteiger partial charge in [-0.2, -0.15) is 0 Å². The number of nitrogens with one attached hydrogen (secondary N) is 1. The summed E-state index contributed by atoms with van der Waals surface area (Å²) in [6, 6.07) is 13.0. The third-order valence-electron chi connectivity index (χ3n) is 5.47. The van der Waals surface area contributed by atoms with Crippen LogP contribution in [0.15, 0.2) is 42.5 Å². The first-order chi connectivity index (χ1) is 15.5. The molecule has 32 heavy (non-hydrogen) atoms. The molecule has 0 bridgehead atoms. The van der Waals surface area contributed by atoms with E-state index in [9.17, 15) is 9.59 Å². The molecule has 6 nitrogen and oxygen atoms in total. The summed E-state index contributed by atoms with van der Waals surface area (Å²) in [6.07, 6.45) is 3.32. The summed E-state index contributed by atoms with van der Waals surface area (Å²) in [4.78, 5) is 28.8. The Bertz CT molecular complexity index is 909. The van der Waals surface area contributed by atoms with Crippen molar-refractivity contribution in [3.05, 3.63) is 53.1 Å². The van der Waals surface area contributed by atoms with Crippen molar-refractivity contribution in [3.63, 3.8) is 0 Å². The zero-order chi connectivity index (χ0) is 22.9. The Kier molecular flexibility index (Phi) is 8.80. The molecule has 0 radical (unpaired) electrons. The van der Waals surface area contributed by atoms with Crippen molar-refractivity contribution in [1.82, 2.24) is 4.90 Å². The molecule has 1 saturated heterocycles. The molecule has 2 aromatic carbocycles. The van der Waals surface area contributed by atoms with E-state index in [0.29, 0.717) is 55.5 Å². The molecule has 0 saturated carbocycles. The molecule has 172 valence electrons. The molecule has 0 aliphatic carbocycles. The Balaban J connectivity index is 1.54. The van der Waals surface area contributed by atoms with E-state index in [2.05, 4.69) is 24.1 Å². The van der Waals surface area contributed by atoms with Gasteiger partial charge in [0.05, 0.1) is 17.3 Å². The minimum Gasteiger partial charge on any atom is -0.494 e. The fourth-order valence-corrected chi connectivity index (χ4v) is 3.95. The highest BCUT2D eigenvalue weighted by molar-refractivity contribution is 6.33. The van der Waals surface area contributed by atoms with Gasteiger partial charge in [0.15, 0.2) is 0 Å². The van der Waals surface area contributed by atoms with Gasteiger partial charge in [-0.15, -0.1) is 0 Å². The second-order valence-electron chi connectivity index (χ2n) is 7.97. The number of ether oxygens (including phenoxy) is 1. The third-order valence-corrected chi connectivity index (χ3v) is 5.77. The number of halogens is 1. The lowest BCUT2D eigenvalue weighted by Crippen LogP contribution is -2.48. The van der Waals surface area contributed by atoms with Gasteiger partial charge in [-0.1, -0.05) is 31.9 Å². The van der Waals surface area contributed by atoms with Crippen LogP contribution < -0.4 is 15.0 Å². The maximum atomic E-state index is 12.9. The van der Waals surface area contributed by atoms with Gasteiger partial charge < -0.3 is 19.9 Å². The predicted octanol–water partition coefficient (Wildman–Crippen LogP) is 5.22. The number of unbranched alkanes of at least 4 members (excludes halogenated alkanes) is 1. The summed E-state index contributed by atoms with van der Waals surface area (Å²) >= 11 is 6.51. The lowest BCUT2D eigenvalue weighted by molar-refractivity contribution is -0.116. The van der Waals surface area contributed by atoms with Crippen LogP contribution in [-0.2, 0) is 4.79 Å². The van der Waals surface area contributed by atoms with Gasteiger partial charge in [0.1, 0.15) is 5.75 Å². The van der Waals surface area contributed by atoms with Crippen molar-refractivity contribution in [2.75, 3.05) is 43.0 Å². The van der Waals surface area contributed by atoms with Gasteiger partial charge in [-0.05, 0) is 55.3 Å². The molecule has 0 spiro atoms. The monoisotopic (exact) mass is 457 g/mol. The summed E-state index contributed by atoms with van der Waals surface area (Å²) in [5.74, 6) is 0.823. The SMILES string of the molecule is CCCCC(=O)Nc1ccc(N2CCN(C(=O)c3ccc(OCCC)cc3)CC2)c(Cl)c1. The van der Waals surface area contributed by atoms with Crippen molar-refractivity contribution in [2.24, 2.45) is 0 Å². The molecule has 7 heteroatoms. The van der Waals surface area contributed by atoms with E-state index >= 15 is 0 Å². The van der Waals surface area contributed by atoms with E-state index in [1.165, 1.54) is 0 Å². The number of carbonyl (C=O) groups excluding carboxylic acids is 2. The molecule has 1 N–H and O–H groups in total. The first kappa shape index (κ1) is 23.9. The number of nitrogens with zero attached hydrogens (tertiary/aromatic N) is 2. The van der Waals surface area contributed by atoms with Crippen LogP contribution in [0.3, 0.4) is 0 Å². The van der Waals surface area contributed by atoms with E-state index in [-0.39, 0.29) is 11.8 Å². The Morgan fingerprint density at radius 1 is 1.00 bits per heavy atom. The predicted molar refractivity (Wildman–Crippen MR) is 130 cm³/mol. The standard InChI is InChI=1S/C25H32ClN3O3/c1-3-5-6-24(30)27-20-9-12-23(22(26)18-20)28-13-15-29(16-14-28)25(31)19-7-10-21(11-8-19)32-17-4-2/h7-12,18H,3-6,13-17H2,1-2H3,(H,27,30). The minimum atomic E-state index is 0.00718. The molecule has 1 aliphatic rings. The summed E-state index contributed by atoms with van der Waals surface area (Å²) in [7, 11) is 0. The topological polar surface area (TPSA) is 61.9 Å². The van der Waals surface area contributed by atoms with E-state index < -0.39 is 0 Å². The second-order valence-corrected chi connectivity index (χ2v) is 8.38. The fourth-order valence-electron chi connectivity index (χ4n) is 3.65. The van der Waals surface area contributed by atoms with Gasteiger partial charge in [-0.3, -0.25) is 9.59 Å². The van der Waals surface area contributed by atoms with Crippen molar-refractivity contribution in [3.8, 4) is 5.75 Å². The Morgan fingerprint density at radius 3 is 2.34 bits per heavy atom. The van der Waals surface area contributed by atoms with Crippen molar-refractivity contribution >= 4 is 34.8 Å². The molecule has 0 unspecified atom stereocenters. The molecular weight excluding hydrogens is 426 g/mol. The van der Waals surface area contributed by atoms with Crippen LogP contribution in [0.4, 0.5) is 11.4 Å². The number of benzene rings is 2. The Labute approximate surface area is 195 Å². The number of anilines is 2. The lowest BCUT2D eigenvalue weighted by Gasteiger charge is -2.36. The highest BCUT2D eigenvalue weighted by Crippen LogP contribution is 2.30. The molecule has 1 aliphatic heterocycles. The zero-order valence-electron chi connectivity index (χ0n) is 18.9. The number of piperazine rings is 1. The average molecular weight is 458 g/mol. The Morgan fingerprint density at radius 2 is 1.72 bits per heavy atom. The van der Waals surface area contributed by atoms with Crippen LogP contribution in [0.25, 0.3) is 0 Å². The van der Waals surface area contributed by atoms with Gasteiger partial charge in [0.2, 0.25) is 5.91 Å². The molecule has 1 fully saturated rings. The smallest absolute Gasteiger partial charge is 0.253 e. The summed E-state index contributed by atoms with van der Waals surface area (Å²) < 4.78 is 5.59. The molecule has 2 aromatic rings. The van der Waals surface area contributed by atoms with Crippen LogP contribution in [0.1, 0.15) is 49.9 Å². The largest absolute Gasteiger partial charge is 0.494 e. The lowest BCUT2D eigenvalue weighted by atomic mass is 10.1. The Hall–Kier alpha value is -2.73. The number of carbonyl (C=O) groups is 2. The van der Waals surface area contributed by atoms with E-state index in [0.717, 1.165) is 30.7 Å². The van der Waals surface area contributed by atoms with Crippen LogP contribution in [0, 0.1) is 0 Å². The number of amides is 2. The highest BCUT2D eigenvalue weighted by atomic mass is 35.5. The average Bonchev–Trinajstić information content (AvgIpc) is 2.81. The van der Waals surface area contributed by atoms with Crippen LogP contribution in [-0.4, -0.2) is 49.5 Å². The highest BCUT2D eigenvalue weighted by Gasteiger charge is 2.23. The third kappa shape index (κ3) is 6.39. The van der Waals surface area contributed by atoms with Gasteiger partial charge in [0.25, 0.3) is 5.91 Å².